The molecule has 412 valence electrons. The molecule has 0 spiro atoms. The number of aliphatic hydroxyl groups excluding tert-OH is 4. The molecule has 7 atom stereocenters. The molecule has 1 heterocycles. The minimum atomic E-state index is -5.08. The number of aliphatic hydroxyl groups is 4. The second kappa shape index (κ2) is 46.9. The van der Waals surface area contributed by atoms with Gasteiger partial charge in [0.05, 0.1) is 25.4 Å². The Morgan fingerprint density at radius 2 is 0.841 bits per heavy atom. The van der Waals surface area contributed by atoms with Crippen LogP contribution >= 0.6 is 0 Å². The van der Waals surface area contributed by atoms with Crippen molar-refractivity contribution in [2.24, 2.45) is 0 Å². The fourth-order valence-corrected chi connectivity index (χ4v) is 10.4. The lowest BCUT2D eigenvalue weighted by molar-refractivity contribution is -0.298. The molecule has 0 aromatic rings. The van der Waals surface area contributed by atoms with Gasteiger partial charge in [-0.1, -0.05) is 277 Å². The SMILES string of the molecule is CCCCCCCCCCCCCCCCCCCCCCCCCCCCC(=O)NC(COC1OC(CO)C(O)C(OS(=O)(=O)O)C1O)C(O)CCCCCCCCCCCCCCCCCC. The van der Waals surface area contributed by atoms with Crippen molar-refractivity contribution in [3.63, 3.8) is 0 Å². The summed E-state index contributed by atoms with van der Waals surface area (Å²) in [6, 6.07) is -0.853. The molecule has 69 heavy (non-hydrogen) atoms. The molecule has 0 bridgehead atoms. The Morgan fingerprint density at radius 3 is 1.16 bits per heavy atom. The van der Waals surface area contributed by atoms with E-state index in [1.165, 1.54) is 218 Å². The Morgan fingerprint density at radius 1 is 0.522 bits per heavy atom. The van der Waals surface area contributed by atoms with Gasteiger partial charge in [-0.15, -0.1) is 0 Å². The Labute approximate surface area is 424 Å². The van der Waals surface area contributed by atoms with E-state index in [4.69, 9.17) is 9.47 Å². The van der Waals surface area contributed by atoms with Crippen molar-refractivity contribution < 1.29 is 51.8 Å². The molecular weight excluding hydrogens is 895 g/mol. The third-order valence-electron chi connectivity index (χ3n) is 14.4. The Hall–Kier alpha value is -0.900. The molecule has 1 saturated heterocycles. The maximum atomic E-state index is 13.1. The van der Waals surface area contributed by atoms with Crippen LogP contribution in [-0.2, 0) is 28.9 Å². The third-order valence-corrected chi connectivity index (χ3v) is 14.9. The van der Waals surface area contributed by atoms with Gasteiger partial charge in [-0.25, -0.2) is 4.18 Å². The molecule has 0 radical (unpaired) electrons. The van der Waals surface area contributed by atoms with Crippen LogP contribution in [0, 0.1) is 0 Å². The predicted octanol–water partition coefficient (Wildman–Crippen LogP) is 13.7. The summed E-state index contributed by atoms with van der Waals surface area (Å²) in [6.45, 7) is 3.50. The van der Waals surface area contributed by atoms with Gasteiger partial charge in [0, 0.05) is 6.42 Å². The standard InChI is InChI=1S/C56H111NO11S/c1-3-5-7-9-11-13-15-17-19-21-22-23-24-25-26-27-28-29-30-32-34-36-38-40-42-44-46-52(60)57-49(48-66-56-54(62)55(68-69(63,64)65)53(61)51(47-58)67-56)50(59)45-43-41-39-37-35-33-31-20-18-16-14-12-10-8-6-4-2/h49-51,53-56,58-59,61-62H,3-48H2,1-2H3,(H,57,60)(H,63,64,65). The normalized spacial score (nSPS) is 19.6. The number of hydrogen-bond acceptors (Lipinski definition) is 10. The zero-order chi connectivity index (χ0) is 50.5. The van der Waals surface area contributed by atoms with Crippen molar-refractivity contribution in [1.82, 2.24) is 5.32 Å². The summed E-state index contributed by atoms with van der Waals surface area (Å²) in [4.78, 5) is 13.1. The van der Waals surface area contributed by atoms with Gasteiger partial charge >= 0.3 is 10.4 Å². The summed E-state index contributed by atoms with van der Waals surface area (Å²) in [5.74, 6) is -0.222. The highest BCUT2D eigenvalue weighted by molar-refractivity contribution is 7.80. The molecule has 7 unspecified atom stereocenters. The molecule has 0 saturated carbocycles. The molecule has 1 rings (SSSR count). The quantitative estimate of drug-likeness (QED) is 0.0251. The number of unbranched alkanes of at least 4 members (excludes halogenated alkanes) is 40. The monoisotopic (exact) mass is 1010 g/mol. The molecule has 1 fully saturated rings. The molecule has 0 aromatic carbocycles. The largest absolute Gasteiger partial charge is 0.397 e. The molecule has 13 heteroatoms. The van der Waals surface area contributed by atoms with Gasteiger partial charge in [-0.05, 0) is 12.8 Å². The highest BCUT2D eigenvalue weighted by atomic mass is 32.3. The zero-order valence-corrected chi connectivity index (χ0v) is 45.5. The van der Waals surface area contributed by atoms with Gasteiger partial charge in [0.25, 0.3) is 0 Å². The first-order valence-corrected chi connectivity index (χ1v) is 30.8. The lowest BCUT2D eigenvalue weighted by Gasteiger charge is -2.41. The molecule has 0 aromatic heterocycles. The highest BCUT2D eigenvalue weighted by Gasteiger charge is 2.48. The van der Waals surface area contributed by atoms with Crippen molar-refractivity contribution in [3.8, 4) is 0 Å². The summed E-state index contributed by atoms with van der Waals surface area (Å²) in [5.41, 5.74) is 0. The first kappa shape index (κ1) is 66.1. The zero-order valence-electron chi connectivity index (χ0n) is 44.7. The number of hydrogen-bond donors (Lipinski definition) is 6. The van der Waals surface area contributed by atoms with Gasteiger partial charge < -0.3 is 35.2 Å². The molecule has 0 aliphatic carbocycles. The van der Waals surface area contributed by atoms with Crippen LogP contribution in [0.4, 0.5) is 0 Å². The number of carbonyl (C=O) groups excluding carboxylic acids is 1. The molecular formula is C56H111NO11S. The van der Waals surface area contributed by atoms with Crippen LogP contribution in [0.25, 0.3) is 0 Å². The summed E-state index contributed by atoms with van der Waals surface area (Å²) < 4.78 is 47.9. The van der Waals surface area contributed by atoms with Crippen molar-refractivity contribution in [2.75, 3.05) is 13.2 Å². The van der Waals surface area contributed by atoms with Crippen LogP contribution in [0.15, 0.2) is 0 Å². The summed E-state index contributed by atoms with van der Waals surface area (Å²) in [6.07, 6.45) is 45.4. The van der Waals surface area contributed by atoms with E-state index in [2.05, 4.69) is 23.3 Å². The minimum absolute atomic E-state index is 0.222. The van der Waals surface area contributed by atoms with Crippen LogP contribution in [-0.4, -0.2) is 95.4 Å². The van der Waals surface area contributed by atoms with E-state index < -0.39 is 59.9 Å². The molecule has 1 aliphatic heterocycles. The fourth-order valence-electron chi connectivity index (χ4n) is 9.88. The van der Waals surface area contributed by atoms with Crippen LogP contribution in [0.2, 0.25) is 0 Å². The number of amides is 1. The lowest BCUT2D eigenvalue weighted by atomic mass is 9.99. The van der Waals surface area contributed by atoms with Gasteiger partial charge in [-0.3, -0.25) is 9.35 Å². The highest BCUT2D eigenvalue weighted by Crippen LogP contribution is 2.26. The van der Waals surface area contributed by atoms with E-state index in [1.807, 2.05) is 0 Å². The third kappa shape index (κ3) is 39.3. The molecule has 12 nitrogen and oxygen atoms in total. The van der Waals surface area contributed by atoms with E-state index in [0.29, 0.717) is 12.8 Å². The van der Waals surface area contributed by atoms with Crippen molar-refractivity contribution in [3.05, 3.63) is 0 Å². The van der Waals surface area contributed by atoms with E-state index in [0.717, 1.165) is 51.4 Å². The number of ether oxygens (including phenoxy) is 2. The van der Waals surface area contributed by atoms with Crippen LogP contribution in [0.3, 0.4) is 0 Å². The summed E-state index contributed by atoms with van der Waals surface area (Å²) in [7, 11) is -5.08. The molecule has 1 amide bonds. The first-order valence-electron chi connectivity index (χ1n) is 29.4. The van der Waals surface area contributed by atoms with Crippen molar-refractivity contribution >= 4 is 16.3 Å². The number of rotatable bonds is 52. The second-order valence-corrected chi connectivity index (χ2v) is 22.0. The first-order chi connectivity index (χ1) is 33.5. The smallest absolute Gasteiger partial charge is 0.394 e. The van der Waals surface area contributed by atoms with Crippen molar-refractivity contribution in [2.45, 2.75) is 339 Å². The van der Waals surface area contributed by atoms with Crippen LogP contribution in [0.1, 0.15) is 296 Å². The van der Waals surface area contributed by atoms with Gasteiger partial charge in [0.2, 0.25) is 5.91 Å². The molecule has 1 aliphatic rings. The maximum Gasteiger partial charge on any atom is 0.397 e. The predicted molar refractivity (Wildman–Crippen MR) is 283 cm³/mol. The fraction of sp³-hybridized carbons (Fsp3) is 0.982. The second-order valence-electron chi connectivity index (χ2n) is 21.0. The number of nitrogens with one attached hydrogen (secondary N) is 1. The summed E-state index contributed by atoms with van der Waals surface area (Å²) >= 11 is 0. The lowest BCUT2D eigenvalue weighted by Crippen LogP contribution is -2.61. The van der Waals surface area contributed by atoms with Gasteiger partial charge in [0.1, 0.15) is 24.4 Å². The van der Waals surface area contributed by atoms with E-state index in [-0.39, 0.29) is 12.5 Å². The Kier molecular flexibility index (Phi) is 44.9. The van der Waals surface area contributed by atoms with Crippen LogP contribution < -0.4 is 5.32 Å². The average molecular weight is 1010 g/mol. The van der Waals surface area contributed by atoms with E-state index in [1.54, 1.807) is 0 Å². The van der Waals surface area contributed by atoms with E-state index in [9.17, 15) is 38.2 Å². The topological polar surface area (TPSA) is 192 Å². The van der Waals surface area contributed by atoms with Gasteiger partial charge in [-0.2, -0.15) is 8.42 Å². The molecule has 6 N–H and O–H groups in total. The van der Waals surface area contributed by atoms with Crippen molar-refractivity contribution in [1.29, 1.82) is 0 Å². The van der Waals surface area contributed by atoms with Crippen LogP contribution in [0.5, 0.6) is 0 Å². The van der Waals surface area contributed by atoms with Gasteiger partial charge in [0.15, 0.2) is 6.29 Å². The maximum absolute atomic E-state index is 13.1. The van der Waals surface area contributed by atoms with E-state index >= 15 is 0 Å². The Balaban J connectivity index is 2.30. The summed E-state index contributed by atoms with van der Waals surface area (Å²) in [5, 5.41) is 45.1. The average Bonchev–Trinajstić information content (AvgIpc) is 3.32. The Bertz CT molecular complexity index is 1230. The number of carbonyl (C=O) groups is 1. The minimum Gasteiger partial charge on any atom is -0.394 e.